The summed E-state index contributed by atoms with van der Waals surface area (Å²) < 4.78 is 2.16. The minimum absolute atomic E-state index is 0.0599. The number of hydrogen-bond donors (Lipinski definition) is 2. The van der Waals surface area contributed by atoms with Crippen molar-refractivity contribution in [3.8, 4) is 0 Å². The van der Waals surface area contributed by atoms with Crippen LogP contribution in [-0.2, 0) is 26.1 Å². The lowest BCUT2D eigenvalue weighted by atomic mass is 10.1. The van der Waals surface area contributed by atoms with Gasteiger partial charge in [0.1, 0.15) is 0 Å². The Bertz CT molecular complexity index is 1190. The first-order valence-corrected chi connectivity index (χ1v) is 11.6. The predicted molar refractivity (Wildman–Crippen MR) is 130 cm³/mol. The topological polar surface area (TPSA) is 72.9 Å². The third-order valence-electron chi connectivity index (χ3n) is 5.65. The molecule has 32 heavy (non-hydrogen) atoms. The molecule has 6 heteroatoms. The number of hydrogen-bond acceptors (Lipinski definition) is 4. The molecule has 1 amide bonds. The minimum atomic E-state index is -0.0599. The van der Waals surface area contributed by atoms with Crippen molar-refractivity contribution in [3.05, 3.63) is 110 Å². The van der Waals surface area contributed by atoms with Gasteiger partial charge in [0.05, 0.1) is 22.8 Å². The average Bonchev–Trinajstić information content (AvgIpc) is 3.37. The van der Waals surface area contributed by atoms with Crippen molar-refractivity contribution >= 4 is 17.2 Å². The van der Waals surface area contributed by atoms with Gasteiger partial charge in [-0.1, -0.05) is 54.6 Å². The summed E-state index contributed by atoms with van der Waals surface area (Å²) in [5.41, 5.74) is 12.8. The van der Waals surface area contributed by atoms with Gasteiger partial charge in [0, 0.05) is 36.3 Å². The molecule has 0 fully saturated rings. The van der Waals surface area contributed by atoms with E-state index in [-0.39, 0.29) is 5.91 Å². The van der Waals surface area contributed by atoms with Crippen LogP contribution in [0.2, 0.25) is 0 Å². The van der Waals surface area contributed by atoms with Crippen LogP contribution in [0.1, 0.15) is 49.1 Å². The van der Waals surface area contributed by atoms with Crippen molar-refractivity contribution in [3.63, 3.8) is 0 Å². The number of aromatic nitrogens is 2. The van der Waals surface area contributed by atoms with E-state index in [1.54, 1.807) is 11.3 Å². The summed E-state index contributed by atoms with van der Waals surface area (Å²) in [6.45, 7) is 5.70. The maximum absolute atomic E-state index is 12.8. The molecule has 3 N–H and O–H groups in total. The Hall–Kier alpha value is -3.22. The molecule has 0 aliphatic rings. The molecule has 4 aromatic rings. The van der Waals surface area contributed by atoms with Gasteiger partial charge in [-0.05, 0) is 36.6 Å². The molecule has 4 rings (SSSR count). The Morgan fingerprint density at radius 2 is 1.75 bits per heavy atom. The molecule has 0 aliphatic carbocycles. The normalized spacial score (nSPS) is 11.0. The van der Waals surface area contributed by atoms with E-state index in [1.807, 2.05) is 50.2 Å². The standard InChI is InChI=1S/C26H28N4OS/c1-18-12-24(26(31)28-15-22-10-8-21(14-27)9-11-22)19(2)30(18)16-23-17-32-25(29-23)13-20-6-4-3-5-7-20/h3-12,17H,13-16,27H2,1-2H3,(H,28,31). The lowest BCUT2D eigenvalue weighted by molar-refractivity contribution is 0.0950. The summed E-state index contributed by atoms with van der Waals surface area (Å²) in [4.78, 5) is 17.6. The van der Waals surface area contributed by atoms with Crippen LogP contribution < -0.4 is 11.1 Å². The first-order valence-electron chi connectivity index (χ1n) is 10.7. The number of benzene rings is 2. The highest BCUT2D eigenvalue weighted by Crippen LogP contribution is 2.20. The zero-order chi connectivity index (χ0) is 22.5. The van der Waals surface area contributed by atoms with Gasteiger partial charge in [-0.25, -0.2) is 4.98 Å². The fraction of sp³-hybridized carbons (Fsp3) is 0.231. The van der Waals surface area contributed by atoms with Gasteiger partial charge in [0.15, 0.2) is 0 Å². The van der Waals surface area contributed by atoms with E-state index < -0.39 is 0 Å². The highest BCUT2D eigenvalue weighted by Gasteiger charge is 2.16. The van der Waals surface area contributed by atoms with Crippen molar-refractivity contribution in [1.29, 1.82) is 0 Å². The average molecular weight is 445 g/mol. The first kappa shape index (κ1) is 22.0. The molecule has 0 saturated carbocycles. The van der Waals surface area contributed by atoms with Gasteiger partial charge in [-0.15, -0.1) is 11.3 Å². The molecule has 0 aliphatic heterocycles. The summed E-state index contributed by atoms with van der Waals surface area (Å²) in [7, 11) is 0. The number of carbonyl (C=O) groups is 1. The largest absolute Gasteiger partial charge is 0.348 e. The lowest BCUT2D eigenvalue weighted by Gasteiger charge is -2.09. The summed E-state index contributed by atoms with van der Waals surface area (Å²) in [6.07, 6.45) is 0.842. The summed E-state index contributed by atoms with van der Waals surface area (Å²) >= 11 is 1.69. The van der Waals surface area contributed by atoms with Gasteiger partial charge >= 0.3 is 0 Å². The number of nitrogens with one attached hydrogen (secondary N) is 1. The number of thiazole rings is 1. The predicted octanol–water partition coefficient (Wildman–Crippen LogP) is 4.59. The summed E-state index contributed by atoms with van der Waals surface area (Å²) in [6, 6.07) is 20.3. The second-order valence-corrected chi connectivity index (χ2v) is 8.91. The van der Waals surface area contributed by atoms with E-state index in [0.29, 0.717) is 25.2 Å². The van der Waals surface area contributed by atoms with Crippen molar-refractivity contribution < 1.29 is 4.79 Å². The fourth-order valence-corrected chi connectivity index (χ4v) is 4.60. The van der Waals surface area contributed by atoms with E-state index in [1.165, 1.54) is 5.56 Å². The van der Waals surface area contributed by atoms with Crippen LogP contribution in [0.3, 0.4) is 0 Å². The van der Waals surface area contributed by atoms with Crippen molar-refractivity contribution in [2.45, 2.75) is 39.9 Å². The first-order chi connectivity index (χ1) is 15.5. The van der Waals surface area contributed by atoms with E-state index >= 15 is 0 Å². The van der Waals surface area contributed by atoms with Crippen LogP contribution >= 0.6 is 11.3 Å². The number of carbonyl (C=O) groups excluding carboxylic acids is 1. The molecular formula is C26H28N4OS. The van der Waals surface area contributed by atoms with E-state index in [9.17, 15) is 4.79 Å². The quantitative estimate of drug-likeness (QED) is 0.417. The molecule has 164 valence electrons. The molecule has 0 saturated heterocycles. The van der Waals surface area contributed by atoms with Crippen LogP contribution in [0.25, 0.3) is 0 Å². The van der Waals surface area contributed by atoms with Crippen molar-refractivity contribution in [2.75, 3.05) is 0 Å². The number of aryl methyl sites for hydroxylation is 1. The maximum Gasteiger partial charge on any atom is 0.253 e. The second-order valence-electron chi connectivity index (χ2n) is 7.97. The maximum atomic E-state index is 12.8. The molecule has 0 bridgehead atoms. The molecule has 0 radical (unpaired) electrons. The molecule has 2 heterocycles. The van der Waals surface area contributed by atoms with Gasteiger partial charge < -0.3 is 15.6 Å². The van der Waals surface area contributed by atoms with E-state index in [4.69, 9.17) is 10.7 Å². The number of amides is 1. The Labute approximate surface area is 192 Å². The van der Waals surface area contributed by atoms with Crippen LogP contribution in [0.4, 0.5) is 0 Å². The van der Waals surface area contributed by atoms with Crippen LogP contribution in [0.15, 0.2) is 66.0 Å². The van der Waals surface area contributed by atoms with Gasteiger partial charge in [0.2, 0.25) is 0 Å². The van der Waals surface area contributed by atoms with Crippen molar-refractivity contribution in [1.82, 2.24) is 14.9 Å². The SMILES string of the molecule is Cc1cc(C(=O)NCc2ccc(CN)cc2)c(C)n1Cc1csc(Cc2ccccc2)n1. The smallest absolute Gasteiger partial charge is 0.253 e. The Balaban J connectivity index is 1.41. The Morgan fingerprint density at radius 1 is 1.03 bits per heavy atom. The van der Waals surface area contributed by atoms with Crippen LogP contribution in [-0.4, -0.2) is 15.5 Å². The minimum Gasteiger partial charge on any atom is -0.348 e. The van der Waals surface area contributed by atoms with Crippen LogP contribution in [0.5, 0.6) is 0 Å². The molecule has 5 nitrogen and oxygen atoms in total. The van der Waals surface area contributed by atoms with E-state index in [0.717, 1.165) is 39.6 Å². The van der Waals surface area contributed by atoms with Crippen LogP contribution in [0, 0.1) is 13.8 Å². The molecule has 2 aromatic heterocycles. The molecule has 0 spiro atoms. The molecule has 0 unspecified atom stereocenters. The highest BCUT2D eigenvalue weighted by molar-refractivity contribution is 7.09. The molecular weight excluding hydrogens is 416 g/mol. The molecule has 2 aromatic carbocycles. The van der Waals surface area contributed by atoms with Gasteiger partial charge in [-0.3, -0.25) is 4.79 Å². The van der Waals surface area contributed by atoms with Gasteiger partial charge in [0.25, 0.3) is 5.91 Å². The lowest BCUT2D eigenvalue weighted by Crippen LogP contribution is -2.23. The monoisotopic (exact) mass is 444 g/mol. The highest BCUT2D eigenvalue weighted by atomic mass is 32.1. The third kappa shape index (κ3) is 5.15. The van der Waals surface area contributed by atoms with Gasteiger partial charge in [-0.2, -0.15) is 0 Å². The Kier molecular flexibility index (Phi) is 6.83. The number of rotatable bonds is 8. The number of nitrogens with two attached hydrogens (primary N) is 1. The fourth-order valence-electron chi connectivity index (χ4n) is 3.78. The molecule has 0 atom stereocenters. The van der Waals surface area contributed by atoms with Crippen molar-refractivity contribution in [2.24, 2.45) is 5.73 Å². The second kappa shape index (κ2) is 9.94. The summed E-state index contributed by atoms with van der Waals surface area (Å²) in [5.74, 6) is -0.0599. The third-order valence-corrected chi connectivity index (χ3v) is 6.55. The zero-order valence-corrected chi connectivity index (χ0v) is 19.3. The zero-order valence-electron chi connectivity index (χ0n) is 18.5. The number of nitrogens with zero attached hydrogens (tertiary/aromatic N) is 2. The Morgan fingerprint density at radius 3 is 2.47 bits per heavy atom. The summed E-state index contributed by atoms with van der Waals surface area (Å²) in [5, 5.41) is 6.25. The van der Waals surface area contributed by atoms with E-state index in [2.05, 4.69) is 39.5 Å².